The Morgan fingerprint density at radius 1 is 1.03 bits per heavy atom. The van der Waals surface area contributed by atoms with Gasteiger partial charge in [-0.3, -0.25) is 9.59 Å². The zero-order valence-corrected chi connectivity index (χ0v) is 17.2. The molecule has 0 radical (unpaired) electrons. The van der Waals surface area contributed by atoms with Crippen LogP contribution in [0.5, 0.6) is 11.5 Å². The number of ether oxygens (including phenoxy) is 2. The zero-order chi connectivity index (χ0) is 21.8. The Labute approximate surface area is 178 Å². The molecule has 0 aliphatic heterocycles. The number of benzene rings is 2. The number of methoxy groups -OCH3 is 1. The molecule has 2 heterocycles. The molecule has 0 aliphatic carbocycles. The van der Waals surface area contributed by atoms with Crippen LogP contribution >= 0.6 is 0 Å². The summed E-state index contributed by atoms with van der Waals surface area (Å²) in [5.41, 5.74) is 2.26. The summed E-state index contributed by atoms with van der Waals surface area (Å²) in [4.78, 5) is 25.3. The average molecular weight is 418 g/mol. The van der Waals surface area contributed by atoms with E-state index in [1.165, 1.54) is 9.08 Å². The van der Waals surface area contributed by atoms with Gasteiger partial charge in [0, 0.05) is 23.6 Å². The number of rotatable bonds is 7. The van der Waals surface area contributed by atoms with Crippen molar-refractivity contribution in [3.63, 3.8) is 0 Å². The number of carbonyl (C=O) groups excluding carboxylic acids is 1. The van der Waals surface area contributed by atoms with Crippen molar-refractivity contribution in [2.45, 2.75) is 13.5 Å². The predicted octanol–water partition coefficient (Wildman–Crippen LogP) is 3.21. The molecule has 0 spiro atoms. The van der Waals surface area contributed by atoms with Gasteiger partial charge in [0.2, 0.25) is 5.91 Å². The molecule has 1 N–H and O–H groups in total. The molecule has 2 aromatic heterocycles. The molecule has 158 valence electrons. The normalized spacial score (nSPS) is 10.8. The number of carbonyl (C=O) groups is 1. The average Bonchev–Trinajstić information content (AvgIpc) is 3.22. The largest absolute Gasteiger partial charge is 0.497 e. The van der Waals surface area contributed by atoms with Crippen molar-refractivity contribution >= 4 is 17.1 Å². The van der Waals surface area contributed by atoms with Gasteiger partial charge in [0.15, 0.2) is 0 Å². The van der Waals surface area contributed by atoms with E-state index in [-0.39, 0.29) is 18.0 Å². The number of hydrogen-bond acceptors (Lipinski definition) is 5. The Kier molecular flexibility index (Phi) is 5.70. The third-order valence-electron chi connectivity index (χ3n) is 4.75. The number of nitrogens with zero attached hydrogens (tertiary/aromatic N) is 3. The maximum absolute atomic E-state index is 12.9. The van der Waals surface area contributed by atoms with Crippen LogP contribution in [0, 0.1) is 0 Å². The van der Waals surface area contributed by atoms with E-state index < -0.39 is 0 Å². The minimum atomic E-state index is -0.303. The number of fused-ring (bicyclic) bond motifs is 1. The SMILES string of the molecule is CCOc1ccc(-c2cc3c(=O)n(CC(=O)Nc4ccc(OC)cc4)ccn3n2)cc1. The quantitative estimate of drug-likeness (QED) is 0.498. The Bertz CT molecular complexity index is 1260. The molecule has 4 aromatic rings. The first-order chi connectivity index (χ1) is 15.1. The van der Waals surface area contributed by atoms with E-state index in [1.807, 2.05) is 31.2 Å². The number of anilines is 1. The Morgan fingerprint density at radius 3 is 2.42 bits per heavy atom. The van der Waals surface area contributed by atoms with Crippen LogP contribution in [0.15, 0.2) is 71.8 Å². The van der Waals surface area contributed by atoms with Gasteiger partial charge in [-0.15, -0.1) is 0 Å². The molecule has 0 unspecified atom stereocenters. The maximum atomic E-state index is 12.9. The molecule has 0 saturated heterocycles. The molecule has 31 heavy (non-hydrogen) atoms. The van der Waals surface area contributed by atoms with Crippen molar-refractivity contribution in [3.05, 3.63) is 77.3 Å². The van der Waals surface area contributed by atoms with Gasteiger partial charge in [-0.25, -0.2) is 4.52 Å². The smallest absolute Gasteiger partial charge is 0.277 e. The van der Waals surface area contributed by atoms with Gasteiger partial charge in [-0.2, -0.15) is 5.10 Å². The van der Waals surface area contributed by atoms with Crippen molar-refractivity contribution in [2.24, 2.45) is 0 Å². The van der Waals surface area contributed by atoms with E-state index in [0.717, 1.165) is 11.3 Å². The van der Waals surface area contributed by atoms with Gasteiger partial charge >= 0.3 is 0 Å². The molecule has 2 aromatic carbocycles. The molecule has 0 bridgehead atoms. The van der Waals surface area contributed by atoms with Crippen LogP contribution in [-0.2, 0) is 11.3 Å². The zero-order valence-electron chi connectivity index (χ0n) is 17.2. The predicted molar refractivity (Wildman–Crippen MR) is 118 cm³/mol. The summed E-state index contributed by atoms with van der Waals surface area (Å²) in [6, 6.07) is 16.2. The van der Waals surface area contributed by atoms with Crippen LogP contribution in [0.1, 0.15) is 6.92 Å². The number of nitrogens with one attached hydrogen (secondary N) is 1. The Hall–Kier alpha value is -4.07. The van der Waals surface area contributed by atoms with Crippen LogP contribution in [0.4, 0.5) is 5.69 Å². The van der Waals surface area contributed by atoms with E-state index in [0.29, 0.717) is 29.3 Å². The number of amides is 1. The van der Waals surface area contributed by atoms with Crippen molar-refractivity contribution < 1.29 is 14.3 Å². The topological polar surface area (TPSA) is 86.9 Å². The fraction of sp³-hybridized carbons (Fsp3) is 0.174. The monoisotopic (exact) mass is 418 g/mol. The molecule has 4 rings (SSSR count). The van der Waals surface area contributed by atoms with Gasteiger partial charge in [-0.1, -0.05) is 0 Å². The summed E-state index contributed by atoms with van der Waals surface area (Å²) >= 11 is 0. The van der Waals surface area contributed by atoms with Crippen LogP contribution in [0.25, 0.3) is 16.8 Å². The lowest BCUT2D eigenvalue weighted by Crippen LogP contribution is -2.28. The highest BCUT2D eigenvalue weighted by Crippen LogP contribution is 2.22. The summed E-state index contributed by atoms with van der Waals surface area (Å²) in [5.74, 6) is 1.17. The number of aromatic nitrogens is 3. The van der Waals surface area contributed by atoms with Gasteiger partial charge in [0.25, 0.3) is 5.56 Å². The first-order valence-electron chi connectivity index (χ1n) is 9.83. The van der Waals surface area contributed by atoms with Crippen LogP contribution < -0.4 is 20.3 Å². The highest BCUT2D eigenvalue weighted by Gasteiger charge is 2.12. The van der Waals surface area contributed by atoms with Gasteiger partial charge in [-0.05, 0) is 61.5 Å². The third kappa shape index (κ3) is 4.42. The lowest BCUT2D eigenvalue weighted by atomic mass is 10.1. The van der Waals surface area contributed by atoms with Crippen LogP contribution in [0.3, 0.4) is 0 Å². The maximum Gasteiger partial charge on any atom is 0.277 e. The molecular weight excluding hydrogens is 396 g/mol. The summed E-state index contributed by atoms with van der Waals surface area (Å²) in [7, 11) is 1.58. The Balaban J connectivity index is 1.53. The molecule has 1 amide bonds. The molecule has 0 aliphatic rings. The molecule has 0 atom stereocenters. The van der Waals surface area contributed by atoms with Gasteiger partial charge < -0.3 is 19.4 Å². The minimum absolute atomic E-state index is 0.106. The summed E-state index contributed by atoms with van der Waals surface area (Å²) < 4.78 is 13.4. The third-order valence-corrected chi connectivity index (χ3v) is 4.75. The molecule has 8 nitrogen and oxygen atoms in total. The van der Waals surface area contributed by atoms with Crippen LogP contribution in [0.2, 0.25) is 0 Å². The van der Waals surface area contributed by atoms with E-state index in [2.05, 4.69) is 10.4 Å². The highest BCUT2D eigenvalue weighted by molar-refractivity contribution is 5.90. The lowest BCUT2D eigenvalue weighted by molar-refractivity contribution is -0.116. The minimum Gasteiger partial charge on any atom is -0.497 e. The fourth-order valence-corrected chi connectivity index (χ4v) is 3.21. The summed E-state index contributed by atoms with van der Waals surface area (Å²) in [6.07, 6.45) is 3.22. The summed E-state index contributed by atoms with van der Waals surface area (Å²) in [6.45, 7) is 2.42. The second-order valence-corrected chi connectivity index (χ2v) is 6.82. The first kappa shape index (κ1) is 20.2. The highest BCUT2D eigenvalue weighted by atomic mass is 16.5. The van der Waals surface area contributed by atoms with E-state index >= 15 is 0 Å². The van der Waals surface area contributed by atoms with E-state index in [9.17, 15) is 9.59 Å². The lowest BCUT2D eigenvalue weighted by Gasteiger charge is -2.08. The summed E-state index contributed by atoms with van der Waals surface area (Å²) in [5, 5.41) is 7.25. The van der Waals surface area contributed by atoms with Crippen molar-refractivity contribution in [1.29, 1.82) is 0 Å². The van der Waals surface area contributed by atoms with E-state index in [4.69, 9.17) is 9.47 Å². The fourth-order valence-electron chi connectivity index (χ4n) is 3.21. The molecule has 8 heteroatoms. The van der Waals surface area contributed by atoms with E-state index in [1.54, 1.807) is 49.8 Å². The van der Waals surface area contributed by atoms with Crippen molar-refractivity contribution in [3.8, 4) is 22.8 Å². The second kappa shape index (κ2) is 8.74. The standard InChI is InChI=1S/C23H22N4O4/c1-3-31-19-8-4-16(5-9-19)20-14-21-23(29)26(12-13-27(21)25-20)15-22(28)24-17-6-10-18(30-2)11-7-17/h4-14H,3,15H2,1-2H3,(H,24,28). The van der Waals surface area contributed by atoms with Crippen LogP contribution in [-0.4, -0.2) is 33.8 Å². The molecular formula is C23H22N4O4. The number of hydrogen-bond donors (Lipinski definition) is 1. The van der Waals surface area contributed by atoms with Crippen molar-refractivity contribution in [2.75, 3.05) is 19.0 Å². The second-order valence-electron chi connectivity index (χ2n) is 6.82. The molecule has 0 saturated carbocycles. The molecule has 0 fully saturated rings. The van der Waals surface area contributed by atoms with Gasteiger partial charge in [0.05, 0.1) is 19.4 Å². The van der Waals surface area contributed by atoms with Crippen molar-refractivity contribution in [1.82, 2.24) is 14.2 Å². The van der Waals surface area contributed by atoms with Gasteiger partial charge in [0.1, 0.15) is 23.6 Å². The Morgan fingerprint density at radius 2 is 1.74 bits per heavy atom. The first-order valence-corrected chi connectivity index (χ1v) is 9.83.